The van der Waals surface area contributed by atoms with E-state index in [0.717, 1.165) is 5.69 Å². The lowest BCUT2D eigenvalue weighted by molar-refractivity contribution is 0.0525. The van der Waals surface area contributed by atoms with E-state index >= 15 is 0 Å². The lowest BCUT2D eigenvalue weighted by Gasteiger charge is -2.16. The van der Waals surface area contributed by atoms with Gasteiger partial charge < -0.3 is 9.30 Å². The van der Waals surface area contributed by atoms with Crippen molar-refractivity contribution in [1.29, 1.82) is 0 Å². The molecule has 0 spiro atoms. The topological polar surface area (TPSA) is 31.2 Å². The fourth-order valence-electron chi connectivity index (χ4n) is 2.26. The Hall–Kier alpha value is -2.03. The zero-order valence-electron chi connectivity index (χ0n) is 11.6. The second-order valence-electron chi connectivity index (χ2n) is 4.53. The number of hydrogen-bond acceptors (Lipinski definition) is 2. The molecular weight excluding hydrogens is 238 g/mol. The van der Waals surface area contributed by atoms with Crippen molar-refractivity contribution in [2.75, 3.05) is 6.61 Å². The molecule has 100 valence electrons. The molecule has 0 aliphatic heterocycles. The van der Waals surface area contributed by atoms with Crippen LogP contribution in [0.4, 0.5) is 0 Å². The number of hydrogen-bond donors (Lipinski definition) is 0. The molecule has 0 amide bonds. The van der Waals surface area contributed by atoms with Crippen molar-refractivity contribution >= 4 is 5.97 Å². The summed E-state index contributed by atoms with van der Waals surface area (Å²) in [7, 11) is 0. The largest absolute Gasteiger partial charge is 0.462 e. The van der Waals surface area contributed by atoms with Gasteiger partial charge in [0.2, 0.25) is 0 Å². The zero-order chi connectivity index (χ0) is 13.8. The van der Waals surface area contributed by atoms with Gasteiger partial charge in [0.1, 0.15) is 0 Å². The molecule has 1 aromatic heterocycles. The van der Waals surface area contributed by atoms with E-state index in [1.807, 2.05) is 44.3 Å². The van der Waals surface area contributed by atoms with E-state index < -0.39 is 0 Å². The lowest BCUT2D eigenvalue weighted by atomic mass is 10.1. The van der Waals surface area contributed by atoms with Crippen LogP contribution in [-0.2, 0) is 4.74 Å². The Morgan fingerprint density at radius 3 is 2.58 bits per heavy atom. The first-order valence-electron chi connectivity index (χ1n) is 6.54. The lowest BCUT2D eigenvalue weighted by Crippen LogP contribution is -2.10. The van der Waals surface area contributed by atoms with E-state index in [4.69, 9.17) is 4.74 Å². The summed E-state index contributed by atoms with van der Waals surface area (Å²) in [5, 5.41) is 0. The highest BCUT2D eigenvalue weighted by Crippen LogP contribution is 2.22. The predicted molar refractivity (Wildman–Crippen MR) is 75.4 cm³/mol. The Morgan fingerprint density at radius 2 is 1.95 bits per heavy atom. The first-order valence-corrected chi connectivity index (χ1v) is 6.54. The Kier molecular flexibility index (Phi) is 4.05. The number of carbonyl (C=O) groups is 1. The van der Waals surface area contributed by atoms with Crippen LogP contribution in [0, 0.1) is 6.92 Å². The van der Waals surface area contributed by atoms with E-state index in [0.29, 0.717) is 12.2 Å². The molecule has 0 fully saturated rings. The molecule has 3 nitrogen and oxygen atoms in total. The van der Waals surface area contributed by atoms with Crippen LogP contribution in [0.25, 0.3) is 0 Å². The molecule has 0 radical (unpaired) electrons. The monoisotopic (exact) mass is 257 g/mol. The second-order valence-corrected chi connectivity index (χ2v) is 4.53. The SMILES string of the molecule is CCOC(=O)c1ccn([C@@H](C)c2ccccc2)c1C. The summed E-state index contributed by atoms with van der Waals surface area (Å²) < 4.78 is 7.15. The molecule has 0 bridgehead atoms. The van der Waals surface area contributed by atoms with E-state index in [9.17, 15) is 4.79 Å². The quantitative estimate of drug-likeness (QED) is 0.784. The third-order valence-corrected chi connectivity index (χ3v) is 3.37. The first-order chi connectivity index (χ1) is 9.15. The normalized spacial score (nSPS) is 12.2. The van der Waals surface area contributed by atoms with Crippen molar-refractivity contribution in [3.63, 3.8) is 0 Å². The van der Waals surface area contributed by atoms with Gasteiger partial charge in [-0.15, -0.1) is 0 Å². The summed E-state index contributed by atoms with van der Waals surface area (Å²) >= 11 is 0. The van der Waals surface area contributed by atoms with Crippen molar-refractivity contribution < 1.29 is 9.53 Å². The Morgan fingerprint density at radius 1 is 1.26 bits per heavy atom. The van der Waals surface area contributed by atoms with Gasteiger partial charge in [-0.3, -0.25) is 0 Å². The van der Waals surface area contributed by atoms with Crippen LogP contribution in [0.3, 0.4) is 0 Å². The van der Waals surface area contributed by atoms with E-state index in [2.05, 4.69) is 23.6 Å². The van der Waals surface area contributed by atoms with Crippen LogP contribution < -0.4 is 0 Å². The van der Waals surface area contributed by atoms with Gasteiger partial charge in [-0.25, -0.2) is 4.79 Å². The van der Waals surface area contributed by atoms with Crippen LogP contribution in [0.2, 0.25) is 0 Å². The van der Waals surface area contributed by atoms with Gasteiger partial charge in [-0.2, -0.15) is 0 Å². The molecule has 0 saturated carbocycles. The minimum Gasteiger partial charge on any atom is -0.462 e. The molecule has 2 aromatic rings. The molecule has 0 N–H and O–H groups in total. The van der Waals surface area contributed by atoms with Crippen LogP contribution in [-0.4, -0.2) is 17.1 Å². The summed E-state index contributed by atoms with van der Waals surface area (Å²) in [5.41, 5.74) is 2.80. The van der Waals surface area contributed by atoms with Crippen LogP contribution in [0.5, 0.6) is 0 Å². The highest BCUT2D eigenvalue weighted by molar-refractivity contribution is 5.90. The van der Waals surface area contributed by atoms with Crippen LogP contribution in [0.15, 0.2) is 42.6 Å². The van der Waals surface area contributed by atoms with Crippen molar-refractivity contribution in [2.24, 2.45) is 0 Å². The van der Waals surface area contributed by atoms with Gasteiger partial charge in [-0.05, 0) is 32.4 Å². The van der Waals surface area contributed by atoms with Crippen LogP contribution in [0.1, 0.15) is 41.5 Å². The average Bonchev–Trinajstić information content (AvgIpc) is 2.81. The van der Waals surface area contributed by atoms with E-state index in [1.54, 1.807) is 0 Å². The second kappa shape index (κ2) is 5.74. The smallest absolute Gasteiger partial charge is 0.339 e. The Bertz CT molecular complexity index is 557. The van der Waals surface area contributed by atoms with E-state index in [1.165, 1.54) is 5.56 Å². The summed E-state index contributed by atoms with van der Waals surface area (Å²) in [6.45, 7) is 6.29. The maximum Gasteiger partial charge on any atom is 0.339 e. The number of esters is 1. The minimum absolute atomic E-state index is 0.198. The minimum atomic E-state index is -0.251. The molecule has 2 rings (SSSR count). The number of carbonyl (C=O) groups excluding carboxylic acids is 1. The maximum atomic E-state index is 11.8. The Balaban J connectivity index is 2.29. The number of ether oxygens (including phenoxy) is 1. The summed E-state index contributed by atoms with van der Waals surface area (Å²) in [6.07, 6.45) is 1.94. The van der Waals surface area contributed by atoms with Crippen LogP contribution >= 0.6 is 0 Å². The van der Waals surface area contributed by atoms with E-state index in [-0.39, 0.29) is 12.0 Å². The van der Waals surface area contributed by atoms with Gasteiger partial charge in [0.25, 0.3) is 0 Å². The molecule has 0 unspecified atom stereocenters. The number of nitrogens with zero attached hydrogens (tertiary/aromatic N) is 1. The molecular formula is C16H19NO2. The maximum absolute atomic E-state index is 11.8. The summed E-state index contributed by atoms with van der Waals surface area (Å²) in [6, 6.07) is 12.3. The number of aromatic nitrogens is 1. The molecule has 1 aromatic carbocycles. The Labute approximate surface area is 113 Å². The fourth-order valence-corrected chi connectivity index (χ4v) is 2.26. The van der Waals surface area contributed by atoms with Crippen molar-refractivity contribution in [3.8, 4) is 0 Å². The predicted octanol–water partition coefficient (Wildman–Crippen LogP) is 3.58. The molecule has 0 aliphatic rings. The molecule has 1 heterocycles. The number of benzene rings is 1. The van der Waals surface area contributed by atoms with Crippen molar-refractivity contribution in [3.05, 3.63) is 59.4 Å². The van der Waals surface area contributed by atoms with Crippen molar-refractivity contribution in [2.45, 2.75) is 26.8 Å². The van der Waals surface area contributed by atoms with Gasteiger partial charge in [0.15, 0.2) is 0 Å². The summed E-state index contributed by atoms with van der Waals surface area (Å²) in [4.78, 5) is 11.8. The molecule has 19 heavy (non-hydrogen) atoms. The van der Waals surface area contributed by atoms with Gasteiger partial charge >= 0.3 is 5.97 Å². The first kappa shape index (κ1) is 13.4. The molecule has 1 atom stereocenters. The third kappa shape index (κ3) is 2.70. The molecule has 0 saturated heterocycles. The highest BCUT2D eigenvalue weighted by atomic mass is 16.5. The highest BCUT2D eigenvalue weighted by Gasteiger charge is 2.17. The molecule has 3 heteroatoms. The van der Waals surface area contributed by atoms with Crippen molar-refractivity contribution in [1.82, 2.24) is 4.57 Å². The zero-order valence-corrected chi connectivity index (χ0v) is 11.6. The average molecular weight is 257 g/mol. The summed E-state index contributed by atoms with van der Waals surface area (Å²) in [5.74, 6) is -0.251. The molecule has 0 aliphatic carbocycles. The number of rotatable bonds is 4. The standard InChI is InChI=1S/C16H19NO2/c1-4-19-16(18)15-10-11-17(13(15)3)12(2)14-8-6-5-7-9-14/h5-12H,4H2,1-3H3/t12-/m0/s1. The van der Waals surface area contributed by atoms with Gasteiger partial charge in [0, 0.05) is 11.9 Å². The van der Waals surface area contributed by atoms with Gasteiger partial charge in [0.05, 0.1) is 18.2 Å². The third-order valence-electron chi connectivity index (χ3n) is 3.37. The van der Waals surface area contributed by atoms with Gasteiger partial charge in [-0.1, -0.05) is 30.3 Å². The fraction of sp³-hybridized carbons (Fsp3) is 0.312.